The molecular weight excluding hydrogens is 464 g/mol. The second kappa shape index (κ2) is 9.27. The van der Waals surface area contributed by atoms with E-state index in [4.69, 9.17) is 23.9 Å². The van der Waals surface area contributed by atoms with Gasteiger partial charge in [-0.2, -0.15) is 0 Å². The molecule has 0 unspecified atom stereocenters. The maximum absolute atomic E-state index is 5.47. The Morgan fingerprint density at radius 1 is 0.800 bits per heavy atom. The Hall–Kier alpha value is -4.11. The average molecular weight is 489 g/mol. The van der Waals surface area contributed by atoms with Crippen molar-refractivity contribution in [2.24, 2.45) is 0 Å². The molecule has 0 aliphatic heterocycles. The Bertz CT molecular complexity index is 1500. The van der Waals surface area contributed by atoms with Crippen LogP contribution in [0.25, 0.3) is 37.7 Å². The zero-order chi connectivity index (χ0) is 24.5. The molecule has 2 aromatic heterocycles. The van der Waals surface area contributed by atoms with Crippen LogP contribution >= 0.6 is 11.3 Å². The van der Waals surface area contributed by atoms with Crippen molar-refractivity contribution < 1.29 is 18.9 Å². The summed E-state index contributed by atoms with van der Waals surface area (Å²) in [6.07, 6.45) is 1.88. The molecule has 0 bridgehead atoms. The summed E-state index contributed by atoms with van der Waals surface area (Å²) in [7, 11) is 6.42. The maximum Gasteiger partial charge on any atom is 0.203 e. The summed E-state index contributed by atoms with van der Waals surface area (Å²) < 4.78 is 24.5. The van der Waals surface area contributed by atoms with Gasteiger partial charge < -0.3 is 18.9 Å². The minimum Gasteiger partial charge on any atom is -0.497 e. The van der Waals surface area contributed by atoms with E-state index in [1.807, 2.05) is 42.6 Å². The first-order valence-electron chi connectivity index (χ1n) is 10.8. The summed E-state index contributed by atoms with van der Waals surface area (Å²) in [5, 5.41) is 9.69. The normalized spacial score (nSPS) is 11.0. The zero-order valence-corrected chi connectivity index (χ0v) is 20.8. The monoisotopic (exact) mass is 488 g/mol. The molecule has 0 aliphatic rings. The molecule has 9 heteroatoms. The van der Waals surface area contributed by atoms with Gasteiger partial charge in [-0.05, 0) is 61.0 Å². The molecule has 3 aromatic carbocycles. The van der Waals surface area contributed by atoms with Crippen molar-refractivity contribution in [3.05, 3.63) is 60.3 Å². The largest absolute Gasteiger partial charge is 0.497 e. The molecule has 0 saturated carbocycles. The van der Waals surface area contributed by atoms with Crippen molar-refractivity contribution in [1.82, 2.24) is 20.0 Å². The molecule has 0 aliphatic carbocycles. The van der Waals surface area contributed by atoms with E-state index in [2.05, 4.69) is 29.4 Å². The average Bonchev–Trinajstić information content (AvgIpc) is 3.54. The van der Waals surface area contributed by atoms with Crippen LogP contribution in [-0.4, -0.2) is 48.4 Å². The van der Waals surface area contributed by atoms with E-state index in [9.17, 15) is 0 Å². The second-order valence-corrected chi connectivity index (χ2v) is 8.85. The molecule has 0 spiro atoms. The van der Waals surface area contributed by atoms with Crippen molar-refractivity contribution >= 4 is 21.6 Å². The third-order valence-electron chi connectivity index (χ3n) is 5.74. The van der Waals surface area contributed by atoms with Crippen LogP contribution in [0.5, 0.6) is 23.0 Å². The summed E-state index contributed by atoms with van der Waals surface area (Å²) in [6, 6.07) is 15.8. The number of benzene rings is 3. The molecule has 5 rings (SSSR count). The van der Waals surface area contributed by atoms with Gasteiger partial charge in [0.1, 0.15) is 16.5 Å². The molecule has 0 amide bonds. The number of hydrogen-bond acceptors (Lipinski definition) is 8. The number of thiazole rings is 1. The molecule has 2 heterocycles. The highest BCUT2D eigenvalue weighted by atomic mass is 32.1. The fourth-order valence-corrected chi connectivity index (χ4v) is 4.93. The van der Waals surface area contributed by atoms with Crippen LogP contribution in [0, 0.1) is 6.92 Å². The lowest BCUT2D eigenvalue weighted by molar-refractivity contribution is 0.324. The first-order chi connectivity index (χ1) is 17.0. The SMILES string of the molecule is COc1ccc2nc(-c3ccc(-n4cc(-c5cc(OC)c(OC)c(OC)c5)nn4)c(C)c3)sc2c1. The van der Waals surface area contributed by atoms with E-state index in [0.717, 1.165) is 43.4 Å². The summed E-state index contributed by atoms with van der Waals surface area (Å²) in [5.74, 6) is 2.48. The second-order valence-electron chi connectivity index (χ2n) is 7.82. The highest BCUT2D eigenvalue weighted by Crippen LogP contribution is 2.41. The summed E-state index contributed by atoms with van der Waals surface area (Å²) >= 11 is 1.64. The highest BCUT2D eigenvalue weighted by Gasteiger charge is 2.17. The Kier molecular flexibility index (Phi) is 6.00. The number of aryl methyl sites for hydroxylation is 1. The van der Waals surface area contributed by atoms with Gasteiger partial charge in [0.15, 0.2) is 11.5 Å². The van der Waals surface area contributed by atoms with Crippen molar-refractivity contribution in [2.75, 3.05) is 28.4 Å². The van der Waals surface area contributed by atoms with Crippen LogP contribution in [-0.2, 0) is 0 Å². The predicted molar refractivity (Wildman–Crippen MR) is 136 cm³/mol. The summed E-state index contributed by atoms with van der Waals surface area (Å²) in [5.41, 5.74) is 5.50. The van der Waals surface area contributed by atoms with Crippen molar-refractivity contribution in [1.29, 1.82) is 0 Å². The Balaban J connectivity index is 1.47. The zero-order valence-electron chi connectivity index (χ0n) is 20.0. The van der Waals surface area contributed by atoms with Gasteiger partial charge in [-0.1, -0.05) is 5.21 Å². The lowest BCUT2D eigenvalue weighted by Crippen LogP contribution is -1.98. The molecule has 0 radical (unpaired) electrons. The van der Waals surface area contributed by atoms with Crippen LogP contribution in [0.2, 0.25) is 0 Å². The molecule has 0 N–H and O–H groups in total. The standard InChI is InChI=1S/C26H24N4O4S/c1-15-10-16(26-27-19-8-7-18(31-2)13-24(19)35-26)6-9-21(15)30-14-20(28-29-30)17-11-22(32-3)25(34-5)23(12-17)33-4/h6-14H,1-5H3. The lowest BCUT2D eigenvalue weighted by atomic mass is 10.1. The Morgan fingerprint density at radius 2 is 1.57 bits per heavy atom. The predicted octanol–water partition coefficient (Wildman–Crippen LogP) is 5.55. The van der Waals surface area contributed by atoms with Crippen molar-refractivity contribution in [3.8, 4) is 50.5 Å². The van der Waals surface area contributed by atoms with Gasteiger partial charge >= 0.3 is 0 Å². The molecule has 0 saturated heterocycles. The van der Waals surface area contributed by atoms with Gasteiger partial charge in [0.2, 0.25) is 5.75 Å². The third kappa shape index (κ3) is 4.15. The minimum atomic E-state index is 0.533. The van der Waals surface area contributed by atoms with Gasteiger partial charge in [0.05, 0.1) is 50.5 Å². The highest BCUT2D eigenvalue weighted by molar-refractivity contribution is 7.21. The van der Waals surface area contributed by atoms with Crippen LogP contribution < -0.4 is 18.9 Å². The molecule has 5 aromatic rings. The van der Waals surface area contributed by atoms with Crippen molar-refractivity contribution in [2.45, 2.75) is 6.92 Å². The molecule has 0 fully saturated rings. The summed E-state index contributed by atoms with van der Waals surface area (Å²) in [6.45, 7) is 2.05. The van der Waals surface area contributed by atoms with E-state index in [1.54, 1.807) is 44.5 Å². The van der Waals surface area contributed by atoms with Crippen LogP contribution in [0.1, 0.15) is 5.56 Å². The third-order valence-corrected chi connectivity index (χ3v) is 6.81. The van der Waals surface area contributed by atoms with Crippen LogP contribution in [0.4, 0.5) is 0 Å². The molecule has 0 atom stereocenters. The van der Waals surface area contributed by atoms with E-state index in [-0.39, 0.29) is 0 Å². The van der Waals surface area contributed by atoms with E-state index in [0.29, 0.717) is 22.9 Å². The number of methoxy groups -OCH3 is 4. The quantitative estimate of drug-likeness (QED) is 0.297. The Labute approximate surface area is 206 Å². The molecular formula is C26H24N4O4S. The smallest absolute Gasteiger partial charge is 0.203 e. The van der Waals surface area contributed by atoms with Gasteiger partial charge in [-0.3, -0.25) is 0 Å². The number of ether oxygens (including phenoxy) is 4. The number of aromatic nitrogens is 4. The number of nitrogens with zero attached hydrogens (tertiary/aromatic N) is 4. The van der Waals surface area contributed by atoms with E-state index in [1.165, 1.54) is 0 Å². The number of hydrogen-bond donors (Lipinski definition) is 0. The topological polar surface area (TPSA) is 80.5 Å². The maximum atomic E-state index is 5.47. The Morgan fingerprint density at radius 3 is 2.23 bits per heavy atom. The van der Waals surface area contributed by atoms with Gasteiger partial charge in [0, 0.05) is 11.1 Å². The van der Waals surface area contributed by atoms with E-state index >= 15 is 0 Å². The fourth-order valence-electron chi connectivity index (χ4n) is 3.94. The molecule has 8 nitrogen and oxygen atoms in total. The van der Waals surface area contributed by atoms with Gasteiger partial charge in [-0.25, -0.2) is 9.67 Å². The minimum absolute atomic E-state index is 0.533. The number of fused-ring (bicyclic) bond motifs is 1. The lowest BCUT2D eigenvalue weighted by Gasteiger charge is -2.13. The first kappa shape index (κ1) is 22.7. The van der Waals surface area contributed by atoms with Crippen LogP contribution in [0.15, 0.2) is 54.7 Å². The van der Waals surface area contributed by atoms with Gasteiger partial charge in [-0.15, -0.1) is 16.4 Å². The molecule has 35 heavy (non-hydrogen) atoms. The first-order valence-corrected chi connectivity index (χ1v) is 11.6. The van der Waals surface area contributed by atoms with Crippen molar-refractivity contribution in [3.63, 3.8) is 0 Å². The van der Waals surface area contributed by atoms with Crippen LogP contribution in [0.3, 0.4) is 0 Å². The molecule has 178 valence electrons. The number of rotatable bonds is 7. The fraction of sp³-hybridized carbons (Fsp3) is 0.192. The van der Waals surface area contributed by atoms with E-state index < -0.39 is 0 Å². The summed E-state index contributed by atoms with van der Waals surface area (Å²) in [4.78, 5) is 4.79. The van der Waals surface area contributed by atoms with Gasteiger partial charge in [0.25, 0.3) is 0 Å².